The Kier molecular flexibility index (Phi) is 4.13. The fourth-order valence-electron chi connectivity index (χ4n) is 2.33. The van der Waals surface area contributed by atoms with E-state index in [4.69, 9.17) is 11.6 Å². The number of anilines is 1. The number of halogens is 1. The fourth-order valence-corrected chi connectivity index (χ4v) is 2.56. The van der Waals surface area contributed by atoms with Crippen LogP contribution in [-0.2, 0) is 4.79 Å². The van der Waals surface area contributed by atoms with Gasteiger partial charge in [-0.2, -0.15) is 0 Å². The van der Waals surface area contributed by atoms with Gasteiger partial charge in [-0.15, -0.1) is 0 Å². The molecule has 1 atom stereocenters. The maximum absolute atomic E-state index is 11.9. The summed E-state index contributed by atoms with van der Waals surface area (Å²) in [4.78, 5) is 13.9. The minimum Gasteiger partial charge on any atom is -0.389 e. The van der Waals surface area contributed by atoms with Gasteiger partial charge in [0, 0.05) is 23.8 Å². The number of rotatable bonds is 3. The van der Waals surface area contributed by atoms with Crippen molar-refractivity contribution in [3.05, 3.63) is 28.8 Å². The minimum absolute atomic E-state index is 0.0666. The molecule has 0 radical (unpaired) electrons. The Morgan fingerprint density at radius 2 is 2.32 bits per heavy atom. The molecule has 0 spiro atoms. The average Bonchev–Trinajstić information content (AvgIpc) is 2.62. The second kappa shape index (κ2) is 5.49. The van der Waals surface area contributed by atoms with Crippen molar-refractivity contribution >= 4 is 23.2 Å². The molecule has 1 fully saturated rings. The lowest BCUT2D eigenvalue weighted by Crippen LogP contribution is -2.35. The predicted octanol–water partition coefficient (Wildman–Crippen LogP) is 2.04. The molecule has 1 saturated heterocycles. The van der Waals surface area contributed by atoms with Crippen molar-refractivity contribution in [2.24, 2.45) is 0 Å². The van der Waals surface area contributed by atoms with Crippen molar-refractivity contribution in [1.82, 2.24) is 4.90 Å². The molecule has 4 nitrogen and oxygen atoms in total. The highest BCUT2D eigenvalue weighted by molar-refractivity contribution is 6.30. The number of hydrogen-bond donors (Lipinski definition) is 2. The van der Waals surface area contributed by atoms with Crippen LogP contribution in [0.15, 0.2) is 18.2 Å². The molecule has 1 aliphatic rings. The molecule has 1 amide bonds. The molecule has 1 aliphatic heterocycles. The summed E-state index contributed by atoms with van der Waals surface area (Å²) in [5, 5.41) is 13.4. The number of aryl methyl sites for hydroxylation is 1. The van der Waals surface area contributed by atoms with Gasteiger partial charge in [0.2, 0.25) is 5.91 Å². The number of amides is 1. The molecule has 1 heterocycles. The largest absolute Gasteiger partial charge is 0.389 e. The van der Waals surface area contributed by atoms with E-state index in [0.717, 1.165) is 17.8 Å². The number of likely N-dealkylation sites (tertiary alicyclic amines) is 1. The summed E-state index contributed by atoms with van der Waals surface area (Å²) in [5.41, 5.74) is 1.05. The molecule has 0 saturated carbocycles. The lowest BCUT2D eigenvalue weighted by atomic mass is 10.1. The quantitative estimate of drug-likeness (QED) is 0.892. The van der Waals surface area contributed by atoms with E-state index >= 15 is 0 Å². The first-order valence-corrected chi connectivity index (χ1v) is 6.74. The lowest BCUT2D eigenvalue weighted by molar-refractivity contribution is -0.117. The van der Waals surface area contributed by atoms with Crippen LogP contribution in [0.1, 0.15) is 18.9 Å². The highest BCUT2D eigenvalue weighted by atomic mass is 35.5. The van der Waals surface area contributed by atoms with Gasteiger partial charge in [0.15, 0.2) is 0 Å². The summed E-state index contributed by atoms with van der Waals surface area (Å²) in [6.07, 6.45) is 0.709. The maximum Gasteiger partial charge on any atom is 0.238 e. The average molecular weight is 283 g/mol. The lowest BCUT2D eigenvalue weighted by Gasteiger charge is -2.18. The van der Waals surface area contributed by atoms with Crippen LogP contribution in [0.5, 0.6) is 0 Å². The number of benzene rings is 1. The number of β-amino-alcohol motifs (C(OH)–C–C–N with tert-alkyl or cyclic N) is 1. The van der Waals surface area contributed by atoms with E-state index in [9.17, 15) is 9.90 Å². The van der Waals surface area contributed by atoms with Gasteiger partial charge in [0.1, 0.15) is 0 Å². The molecule has 104 valence electrons. The van der Waals surface area contributed by atoms with Crippen LogP contribution in [0, 0.1) is 6.92 Å². The Morgan fingerprint density at radius 3 is 2.89 bits per heavy atom. The summed E-state index contributed by atoms with van der Waals surface area (Å²) >= 11 is 5.87. The summed E-state index contributed by atoms with van der Waals surface area (Å²) in [5.74, 6) is -0.0666. The van der Waals surface area contributed by atoms with Crippen LogP contribution in [0.25, 0.3) is 0 Å². The molecular formula is C14H19ClN2O2. The first-order chi connectivity index (χ1) is 8.85. The van der Waals surface area contributed by atoms with Crippen molar-refractivity contribution in [2.45, 2.75) is 25.9 Å². The van der Waals surface area contributed by atoms with E-state index in [2.05, 4.69) is 5.32 Å². The highest BCUT2D eigenvalue weighted by Crippen LogP contribution is 2.21. The van der Waals surface area contributed by atoms with Gasteiger partial charge in [-0.1, -0.05) is 11.6 Å². The van der Waals surface area contributed by atoms with Gasteiger partial charge in [0.25, 0.3) is 0 Å². The second-order valence-electron chi connectivity index (χ2n) is 5.47. The third-order valence-electron chi connectivity index (χ3n) is 3.36. The number of carbonyl (C=O) groups excluding carboxylic acids is 1. The number of nitrogens with one attached hydrogen (secondary N) is 1. The van der Waals surface area contributed by atoms with Crippen molar-refractivity contribution in [2.75, 3.05) is 25.0 Å². The predicted molar refractivity (Wildman–Crippen MR) is 76.5 cm³/mol. The van der Waals surface area contributed by atoms with E-state index in [-0.39, 0.29) is 5.91 Å². The summed E-state index contributed by atoms with van der Waals surface area (Å²) in [6.45, 7) is 5.30. The number of nitrogens with zero attached hydrogens (tertiary/aromatic N) is 1. The third-order valence-corrected chi connectivity index (χ3v) is 3.60. The third kappa shape index (κ3) is 3.93. The molecule has 0 aliphatic carbocycles. The van der Waals surface area contributed by atoms with E-state index in [1.807, 2.05) is 17.9 Å². The number of hydrogen-bond acceptors (Lipinski definition) is 3. The van der Waals surface area contributed by atoms with Crippen LogP contribution < -0.4 is 5.32 Å². The monoisotopic (exact) mass is 282 g/mol. The molecule has 2 rings (SSSR count). The molecule has 2 N–H and O–H groups in total. The molecule has 0 aromatic heterocycles. The zero-order valence-corrected chi connectivity index (χ0v) is 12.0. The zero-order chi connectivity index (χ0) is 14.0. The summed E-state index contributed by atoms with van der Waals surface area (Å²) < 4.78 is 0. The first-order valence-electron chi connectivity index (χ1n) is 6.36. The number of carbonyl (C=O) groups is 1. The maximum atomic E-state index is 11.9. The van der Waals surface area contributed by atoms with E-state index in [0.29, 0.717) is 24.5 Å². The SMILES string of the molecule is Cc1cc(Cl)ccc1NC(=O)CN1CCC(C)(O)C1. The van der Waals surface area contributed by atoms with Crippen LogP contribution >= 0.6 is 11.6 Å². The van der Waals surface area contributed by atoms with Crippen molar-refractivity contribution in [3.63, 3.8) is 0 Å². The Hall–Kier alpha value is -1.10. The first kappa shape index (κ1) is 14.3. The van der Waals surface area contributed by atoms with Gasteiger partial charge < -0.3 is 10.4 Å². The van der Waals surface area contributed by atoms with Gasteiger partial charge in [-0.25, -0.2) is 0 Å². The smallest absolute Gasteiger partial charge is 0.238 e. The highest BCUT2D eigenvalue weighted by Gasteiger charge is 2.31. The van der Waals surface area contributed by atoms with Gasteiger partial charge in [-0.3, -0.25) is 9.69 Å². The van der Waals surface area contributed by atoms with Crippen LogP contribution in [0.3, 0.4) is 0 Å². The molecule has 5 heteroatoms. The van der Waals surface area contributed by atoms with E-state index in [1.165, 1.54) is 0 Å². The minimum atomic E-state index is -0.670. The summed E-state index contributed by atoms with van der Waals surface area (Å²) in [7, 11) is 0. The molecule has 0 bridgehead atoms. The molecule has 1 unspecified atom stereocenters. The molecule has 19 heavy (non-hydrogen) atoms. The van der Waals surface area contributed by atoms with Gasteiger partial charge in [-0.05, 0) is 44.0 Å². The van der Waals surface area contributed by atoms with Gasteiger partial charge >= 0.3 is 0 Å². The van der Waals surface area contributed by atoms with E-state index in [1.54, 1.807) is 19.1 Å². The zero-order valence-electron chi connectivity index (χ0n) is 11.2. The molecule has 1 aromatic carbocycles. The van der Waals surface area contributed by atoms with Crippen molar-refractivity contribution < 1.29 is 9.90 Å². The van der Waals surface area contributed by atoms with Crippen LogP contribution in [0.2, 0.25) is 5.02 Å². The van der Waals surface area contributed by atoms with E-state index < -0.39 is 5.60 Å². The second-order valence-corrected chi connectivity index (χ2v) is 5.90. The number of aliphatic hydroxyl groups is 1. The Balaban J connectivity index is 1.91. The van der Waals surface area contributed by atoms with Crippen LogP contribution in [0.4, 0.5) is 5.69 Å². The van der Waals surface area contributed by atoms with Crippen LogP contribution in [-0.4, -0.2) is 41.1 Å². The fraction of sp³-hybridized carbons (Fsp3) is 0.500. The normalized spacial score (nSPS) is 23.6. The Morgan fingerprint density at radius 1 is 1.58 bits per heavy atom. The molecule has 1 aromatic rings. The Bertz CT molecular complexity index is 488. The molecular weight excluding hydrogens is 264 g/mol. The standard InChI is InChI=1S/C14H19ClN2O2/c1-10-7-11(15)3-4-12(10)16-13(18)8-17-6-5-14(2,19)9-17/h3-4,7,19H,5-6,8-9H2,1-2H3,(H,16,18). The summed E-state index contributed by atoms with van der Waals surface area (Å²) in [6, 6.07) is 5.37. The van der Waals surface area contributed by atoms with Crippen molar-refractivity contribution in [3.8, 4) is 0 Å². The Labute approximate surface area is 118 Å². The van der Waals surface area contributed by atoms with Gasteiger partial charge in [0.05, 0.1) is 12.1 Å². The van der Waals surface area contributed by atoms with Crippen molar-refractivity contribution in [1.29, 1.82) is 0 Å². The topological polar surface area (TPSA) is 52.6 Å².